The molecule has 0 saturated heterocycles. The van der Waals surface area contributed by atoms with Crippen LogP contribution in [0.1, 0.15) is 38.2 Å². The zero-order chi connectivity index (χ0) is 16.4. The van der Waals surface area contributed by atoms with Crippen LogP contribution in [0.3, 0.4) is 0 Å². The monoisotopic (exact) mass is 329 g/mol. The van der Waals surface area contributed by atoms with Gasteiger partial charge in [0.15, 0.2) is 6.29 Å². The molecule has 0 heterocycles. The molecule has 0 bridgehead atoms. The lowest BCUT2D eigenvalue weighted by atomic mass is 10.1. The minimum atomic E-state index is -3.53. The van der Waals surface area contributed by atoms with Crippen LogP contribution in [0.5, 0.6) is 0 Å². The van der Waals surface area contributed by atoms with Crippen LogP contribution >= 0.6 is 0 Å². The van der Waals surface area contributed by atoms with Gasteiger partial charge in [-0.3, -0.25) is 0 Å². The first-order valence-electron chi connectivity index (χ1n) is 7.67. The first-order valence-corrected chi connectivity index (χ1v) is 9.16. The lowest BCUT2D eigenvalue weighted by Crippen LogP contribution is -2.34. The van der Waals surface area contributed by atoms with E-state index in [4.69, 9.17) is 9.47 Å². The summed E-state index contributed by atoms with van der Waals surface area (Å²) in [4.78, 5) is 0.260. The molecule has 0 aliphatic rings. The van der Waals surface area contributed by atoms with Gasteiger partial charge >= 0.3 is 0 Å². The predicted molar refractivity (Wildman–Crippen MR) is 87.3 cm³/mol. The third-order valence-electron chi connectivity index (χ3n) is 3.52. The van der Waals surface area contributed by atoms with E-state index in [2.05, 4.69) is 11.6 Å². The van der Waals surface area contributed by atoms with E-state index in [9.17, 15) is 8.42 Å². The van der Waals surface area contributed by atoms with Gasteiger partial charge in [0.25, 0.3) is 0 Å². The minimum Gasteiger partial charge on any atom is -0.355 e. The Balaban J connectivity index is 2.56. The van der Waals surface area contributed by atoms with Gasteiger partial charge in [0.05, 0.1) is 11.4 Å². The summed E-state index contributed by atoms with van der Waals surface area (Å²) in [6.45, 7) is 2.26. The second-order valence-corrected chi connectivity index (χ2v) is 6.97. The maximum Gasteiger partial charge on any atom is 0.240 e. The summed E-state index contributed by atoms with van der Waals surface area (Å²) in [7, 11) is -0.595. The summed E-state index contributed by atoms with van der Waals surface area (Å²) in [5, 5.41) is 0. The van der Waals surface area contributed by atoms with E-state index in [1.807, 2.05) is 12.1 Å². The van der Waals surface area contributed by atoms with Crippen LogP contribution in [0.25, 0.3) is 0 Å². The molecule has 0 unspecified atom stereocenters. The third kappa shape index (κ3) is 6.44. The van der Waals surface area contributed by atoms with Crippen LogP contribution in [0.4, 0.5) is 0 Å². The third-order valence-corrected chi connectivity index (χ3v) is 4.96. The Morgan fingerprint density at radius 1 is 1.05 bits per heavy atom. The molecule has 0 amide bonds. The Morgan fingerprint density at radius 2 is 1.68 bits per heavy atom. The molecule has 1 rings (SSSR count). The molecule has 0 aliphatic heterocycles. The zero-order valence-corrected chi connectivity index (χ0v) is 14.5. The molecule has 6 heteroatoms. The molecular formula is C16H27NO4S. The fourth-order valence-electron chi connectivity index (χ4n) is 2.12. The van der Waals surface area contributed by atoms with E-state index in [1.165, 1.54) is 39.0 Å². The zero-order valence-electron chi connectivity index (χ0n) is 13.7. The molecule has 126 valence electrons. The first-order chi connectivity index (χ1) is 10.5. The molecule has 0 fully saturated rings. The number of aryl methyl sites for hydroxylation is 1. The van der Waals surface area contributed by atoms with Crippen molar-refractivity contribution in [3.63, 3.8) is 0 Å². The Bertz CT molecular complexity index is 509. The van der Waals surface area contributed by atoms with Crippen LogP contribution in [-0.2, 0) is 25.9 Å². The van der Waals surface area contributed by atoms with Crippen LogP contribution < -0.4 is 4.72 Å². The van der Waals surface area contributed by atoms with Gasteiger partial charge in [-0.1, -0.05) is 38.3 Å². The molecule has 0 aliphatic carbocycles. The van der Waals surface area contributed by atoms with E-state index < -0.39 is 16.3 Å². The molecule has 5 nitrogen and oxygen atoms in total. The van der Waals surface area contributed by atoms with Gasteiger partial charge in [0, 0.05) is 14.2 Å². The Kier molecular flexibility index (Phi) is 8.63. The molecule has 0 atom stereocenters. The van der Waals surface area contributed by atoms with Crippen molar-refractivity contribution in [2.45, 2.75) is 50.2 Å². The van der Waals surface area contributed by atoms with E-state index in [0.29, 0.717) is 0 Å². The second-order valence-electron chi connectivity index (χ2n) is 5.21. The van der Waals surface area contributed by atoms with Crippen molar-refractivity contribution in [3.8, 4) is 0 Å². The average Bonchev–Trinajstić information content (AvgIpc) is 2.53. The average molecular weight is 329 g/mol. The van der Waals surface area contributed by atoms with Crippen LogP contribution in [-0.4, -0.2) is 35.5 Å². The molecule has 1 aromatic carbocycles. The second kappa shape index (κ2) is 9.94. The highest BCUT2D eigenvalue weighted by atomic mass is 32.2. The van der Waals surface area contributed by atoms with E-state index in [0.717, 1.165) is 12.8 Å². The standard InChI is InChI=1S/C16H27NO4S/c1-4-5-6-7-8-14-9-11-15(12-10-14)22(18,19)17-13-16(20-2)21-3/h9-12,16-17H,4-8,13H2,1-3H3. The lowest BCUT2D eigenvalue weighted by Gasteiger charge is -2.14. The van der Waals surface area contributed by atoms with Crippen LogP contribution in [0, 0.1) is 0 Å². The van der Waals surface area contributed by atoms with Gasteiger partial charge < -0.3 is 9.47 Å². The molecule has 0 saturated carbocycles. The van der Waals surface area contributed by atoms with Crippen molar-refractivity contribution in [1.82, 2.24) is 4.72 Å². The molecule has 22 heavy (non-hydrogen) atoms. The summed E-state index contributed by atoms with van der Waals surface area (Å²) in [5.74, 6) is 0. The lowest BCUT2D eigenvalue weighted by molar-refractivity contribution is -0.0960. The molecular weight excluding hydrogens is 302 g/mol. The molecule has 0 radical (unpaired) electrons. The number of methoxy groups -OCH3 is 2. The summed E-state index contributed by atoms with van der Waals surface area (Å²) in [6, 6.07) is 7.05. The fraction of sp³-hybridized carbons (Fsp3) is 0.625. The van der Waals surface area contributed by atoms with Crippen molar-refractivity contribution >= 4 is 10.0 Å². The minimum absolute atomic E-state index is 0.0775. The number of unbranched alkanes of at least 4 members (excludes halogenated alkanes) is 3. The summed E-state index contributed by atoms with van der Waals surface area (Å²) >= 11 is 0. The summed E-state index contributed by atoms with van der Waals surface area (Å²) in [5.41, 5.74) is 1.17. The van der Waals surface area contributed by atoms with Gasteiger partial charge in [-0.2, -0.15) is 0 Å². The van der Waals surface area contributed by atoms with Crippen molar-refractivity contribution in [1.29, 1.82) is 0 Å². The molecule has 0 spiro atoms. The number of sulfonamides is 1. The molecule has 1 N–H and O–H groups in total. The number of nitrogens with one attached hydrogen (secondary N) is 1. The number of benzene rings is 1. The Labute approximate surface area is 134 Å². The number of hydrogen-bond acceptors (Lipinski definition) is 4. The first kappa shape index (κ1) is 19.1. The van der Waals surface area contributed by atoms with Gasteiger partial charge in [-0.05, 0) is 30.5 Å². The maximum atomic E-state index is 12.2. The Morgan fingerprint density at radius 3 is 2.23 bits per heavy atom. The summed E-state index contributed by atoms with van der Waals surface area (Å²) in [6.07, 6.45) is 5.22. The highest BCUT2D eigenvalue weighted by molar-refractivity contribution is 7.89. The van der Waals surface area contributed by atoms with Crippen LogP contribution in [0.15, 0.2) is 29.2 Å². The van der Waals surface area contributed by atoms with E-state index in [1.54, 1.807) is 12.1 Å². The number of ether oxygens (including phenoxy) is 2. The normalized spacial score (nSPS) is 12.0. The van der Waals surface area contributed by atoms with Crippen molar-refractivity contribution in [2.24, 2.45) is 0 Å². The van der Waals surface area contributed by atoms with Gasteiger partial charge in [0.2, 0.25) is 10.0 Å². The molecule has 1 aromatic rings. The highest BCUT2D eigenvalue weighted by Crippen LogP contribution is 2.13. The highest BCUT2D eigenvalue weighted by Gasteiger charge is 2.16. The fourth-order valence-corrected chi connectivity index (χ4v) is 3.13. The quantitative estimate of drug-likeness (QED) is 0.501. The van der Waals surface area contributed by atoms with E-state index >= 15 is 0 Å². The van der Waals surface area contributed by atoms with Crippen LogP contribution in [0.2, 0.25) is 0 Å². The topological polar surface area (TPSA) is 64.6 Å². The van der Waals surface area contributed by atoms with Gasteiger partial charge in [-0.25, -0.2) is 13.1 Å². The maximum absolute atomic E-state index is 12.2. The van der Waals surface area contributed by atoms with Gasteiger partial charge in [-0.15, -0.1) is 0 Å². The number of hydrogen-bond donors (Lipinski definition) is 1. The summed E-state index contributed by atoms with van der Waals surface area (Å²) < 4.78 is 36.7. The van der Waals surface area contributed by atoms with Crippen molar-refractivity contribution < 1.29 is 17.9 Å². The molecule has 0 aromatic heterocycles. The largest absolute Gasteiger partial charge is 0.355 e. The van der Waals surface area contributed by atoms with Crippen molar-refractivity contribution in [3.05, 3.63) is 29.8 Å². The smallest absolute Gasteiger partial charge is 0.240 e. The number of rotatable bonds is 11. The Hall–Kier alpha value is -0.950. The van der Waals surface area contributed by atoms with Gasteiger partial charge in [0.1, 0.15) is 0 Å². The van der Waals surface area contributed by atoms with E-state index in [-0.39, 0.29) is 11.4 Å². The predicted octanol–water partition coefficient (Wildman–Crippen LogP) is 2.71. The SMILES string of the molecule is CCCCCCc1ccc(S(=O)(=O)NCC(OC)OC)cc1. The van der Waals surface area contributed by atoms with Crippen molar-refractivity contribution in [2.75, 3.05) is 20.8 Å².